The lowest BCUT2D eigenvalue weighted by Gasteiger charge is -2.39. The van der Waals surface area contributed by atoms with Gasteiger partial charge in [0.15, 0.2) is 5.76 Å². The number of nitrogens with zero attached hydrogens (tertiary/aromatic N) is 2. The van der Waals surface area contributed by atoms with Crippen LogP contribution in [-0.4, -0.2) is 36.8 Å². The summed E-state index contributed by atoms with van der Waals surface area (Å²) in [5.41, 5.74) is 1.65. The Bertz CT molecular complexity index is 1290. The van der Waals surface area contributed by atoms with Crippen molar-refractivity contribution in [3.63, 3.8) is 0 Å². The Morgan fingerprint density at radius 2 is 1.90 bits per heavy atom. The van der Waals surface area contributed by atoms with Crippen molar-refractivity contribution in [2.75, 3.05) is 35.2 Å². The summed E-state index contributed by atoms with van der Waals surface area (Å²) in [5.74, 6) is 1.55. The van der Waals surface area contributed by atoms with E-state index in [0.717, 1.165) is 62.9 Å². The van der Waals surface area contributed by atoms with Gasteiger partial charge in [-0.3, -0.25) is 5.32 Å². The first-order valence-corrected chi connectivity index (χ1v) is 14.5. The highest BCUT2D eigenvalue weighted by Gasteiger charge is 2.32. The van der Waals surface area contributed by atoms with Crippen LogP contribution in [-0.2, 0) is 10.9 Å². The van der Waals surface area contributed by atoms with Crippen molar-refractivity contribution in [2.24, 2.45) is 11.8 Å². The Morgan fingerprint density at radius 1 is 1.10 bits per heavy atom. The zero-order valence-electron chi connectivity index (χ0n) is 23.3. The molecule has 220 valence electrons. The van der Waals surface area contributed by atoms with Gasteiger partial charge in [-0.25, -0.2) is 9.78 Å². The molecule has 0 unspecified atom stereocenters. The van der Waals surface area contributed by atoms with Crippen LogP contribution in [0.2, 0.25) is 0 Å². The van der Waals surface area contributed by atoms with Crippen LogP contribution in [0.25, 0.3) is 11.3 Å². The van der Waals surface area contributed by atoms with E-state index in [0.29, 0.717) is 35.9 Å². The molecule has 2 N–H and O–H groups in total. The van der Waals surface area contributed by atoms with Crippen LogP contribution in [0, 0.1) is 11.8 Å². The number of hydrogen-bond acceptors (Lipinski definition) is 6. The second-order valence-electron chi connectivity index (χ2n) is 11.0. The fourth-order valence-electron chi connectivity index (χ4n) is 6.13. The number of rotatable bonds is 8. The number of hydrogen-bond donors (Lipinski definition) is 2. The monoisotopic (exact) mass is 570 g/mol. The third-order valence-corrected chi connectivity index (χ3v) is 8.11. The molecular weight excluding hydrogens is 533 g/mol. The molecule has 2 aliphatic rings. The second kappa shape index (κ2) is 12.9. The van der Waals surface area contributed by atoms with Gasteiger partial charge in [0.1, 0.15) is 0 Å². The lowest BCUT2D eigenvalue weighted by Crippen LogP contribution is -2.39. The van der Waals surface area contributed by atoms with Gasteiger partial charge in [-0.2, -0.15) is 13.2 Å². The summed E-state index contributed by atoms with van der Waals surface area (Å²) in [6.07, 6.45) is 4.58. The van der Waals surface area contributed by atoms with E-state index in [1.165, 1.54) is 18.6 Å². The maximum absolute atomic E-state index is 13.0. The van der Waals surface area contributed by atoms with Crippen molar-refractivity contribution in [1.29, 1.82) is 0 Å². The van der Waals surface area contributed by atoms with E-state index < -0.39 is 17.8 Å². The van der Waals surface area contributed by atoms with Crippen LogP contribution < -0.4 is 15.5 Å². The van der Waals surface area contributed by atoms with E-state index in [2.05, 4.69) is 20.5 Å². The molecule has 7 nitrogen and oxygen atoms in total. The zero-order chi connectivity index (χ0) is 28.8. The Balaban J connectivity index is 1.20. The number of alkyl halides is 3. The number of carbonyl (C=O) groups excluding carboxylic acids is 1. The van der Waals surface area contributed by atoms with E-state index in [-0.39, 0.29) is 6.04 Å². The van der Waals surface area contributed by atoms with Crippen molar-refractivity contribution in [3.05, 3.63) is 60.3 Å². The number of halogens is 3. The molecule has 3 atom stereocenters. The van der Waals surface area contributed by atoms with Gasteiger partial charge in [0, 0.05) is 36.1 Å². The fourth-order valence-corrected chi connectivity index (χ4v) is 6.13. The molecule has 3 aromatic rings. The first-order valence-electron chi connectivity index (χ1n) is 14.5. The summed E-state index contributed by atoms with van der Waals surface area (Å²) in [5, 5.41) is 6.25. The van der Waals surface area contributed by atoms with Gasteiger partial charge < -0.3 is 19.4 Å². The van der Waals surface area contributed by atoms with E-state index in [1.54, 1.807) is 31.3 Å². The molecule has 1 saturated carbocycles. The molecule has 1 aromatic heterocycles. The molecule has 5 rings (SSSR count). The predicted octanol–water partition coefficient (Wildman–Crippen LogP) is 8.21. The second-order valence-corrected chi connectivity index (χ2v) is 11.0. The number of carbonyl (C=O) groups is 1. The Labute approximate surface area is 238 Å². The van der Waals surface area contributed by atoms with E-state index in [4.69, 9.17) is 9.15 Å². The minimum absolute atomic E-state index is 0.244. The maximum atomic E-state index is 13.0. The van der Waals surface area contributed by atoms with Crippen LogP contribution in [0.1, 0.15) is 57.4 Å². The van der Waals surface area contributed by atoms with Crippen molar-refractivity contribution in [1.82, 2.24) is 4.98 Å². The smallest absolute Gasteiger partial charge is 0.416 e. The van der Waals surface area contributed by atoms with E-state index in [9.17, 15) is 18.0 Å². The van der Waals surface area contributed by atoms with Gasteiger partial charge in [-0.1, -0.05) is 25.0 Å². The minimum atomic E-state index is -4.32. The highest BCUT2D eigenvalue weighted by Crippen LogP contribution is 2.37. The number of oxazole rings is 1. The molecule has 10 heteroatoms. The third kappa shape index (κ3) is 7.54. The summed E-state index contributed by atoms with van der Waals surface area (Å²) >= 11 is 0. The molecule has 1 amide bonds. The summed E-state index contributed by atoms with van der Waals surface area (Å²) in [6, 6.07) is 13.6. The third-order valence-electron chi connectivity index (χ3n) is 8.11. The van der Waals surface area contributed by atoms with Crippen molar-refractivity contribution >= 4 is 23.5 Å². The number of anilines is 3. The number of benzene rings is 2. The van der Waals surface area contributed by atoms with Crippen molar-refractivity contribution in [2.45, 2.75) is 64.1 Å². The van der Waals surface area contributed by atoms with Gasteiger partial charge in [0.2, 0.25) is 0 Å². The Hall–Kier alpha value is -3.69. The molecular formula is C31H37F3N4O3. The highest BCUT2D eigenvalue weighted by atomic mass is 19.4. The molecule has 2 fully saturated rings. The SMILES string of the molecule is CCOC(=O)Nc1cccc(-c2cnc(N[C@@H]3CCCC[C@H]3C[C@H]3CCCN(c4ccc(C(F)(F)F)cc4)C3)o2)c1. The standard InChI is InChI=1S/C31H37F3N4O3/c1-2-40-30(39)36-25-10-5-9-23(18-25)28-19-35-29(41-28)37-27-11-4-3-8-22(27)17-21-7-6-16-38(20-21)26-14-12-24(13-15-26)31(32,33)34/h5,9-10,12-15,18-19,21-22,27H,2-4,6-8,11,16-17,20H2,1H3,(H,35,37)(H,36,39)/t21-,22+,27-/m1/s1. The normalized spacial score (nSPS) is 21.4. The molecule has 0 radical (unpaired) electrons. The van der Waals surface area contributed by atoms with Gasteiger partial charge in [0.05, 0.1) is 18.4 Å². The van der Waals surface area contributed by atoms with Crippen molar-refractivity contribution < 1.29 is 27.1 Å². The van der Waals surface area contributed by atoms with Crippen LogP contribution in [0.15, 0.2) is 59.1 Å². The van der Waals surface area contributed by atoms with Gasteiger partial charge >= 0.3 is 12.3 Å². The minimum Gasteiger partial charge on any atom is -0.450 e. The summed E-state index contributed by atoms with van der Waals surface area (Å²) < 4.78 is 50.0. The summed E-state index contributed by atoms with van der Waals surface area (Å²) in [4.78, 5) is 18.5. The van der Waals surface area contributed by atoms with Crippen LogP contribution in [0.5, 0.6) is 0 Å². The van der Waals surface area contributed by atoms with Gasteiger partial charge in [0.25, 0.3) is 6.01 Å². The number of ether oxygens (including phenoxy) is 1. The van der Waals surface area contributed by atoms with Crippen LogP contribution in [0.4, 0.5) is 35.4 Å². The largest absolute Gasteiger partial charge is 0.450 e. The Morgan fingerprint density at radius 3 is 2.68 bits per heavy atom. The molecule has 1 saturated heterocycles. The average Bonchev–Trinajstić information content (AvgIpc) is 3.43. The molecule has 1 aliphatic carbocycles. The molecule has 1 aliphatic heterocycles. The highest BCUT2D eigenvalue weighted by molar-refractivity contribution is 5.85. The maximum Gasteiger partial charge on any atom is 0.416 e. The quantitative estimate of drug-likeness (QED) is 0.284. The average molecular weight is 571 g/mol. The number of piperidine rings is 1. The van der Waals surface area contributed by atoms with Gasteiger partial charge in [-0.15, -0.1) is 0 Å². The summed E-state index contributed by atoms with van der Waals surface area (Å²) in [7, 11) is 0. The van der Waals surface area contributed by atoms with Crippen LogP contribution >= 0.6 is 0 Å². The Kier molecular flexibility index (Phi) is 9.05. The number of aromatic nitrogens is 1. The number of nitrogens with one attached hydrogen (secondary N) is 2. The fraction of sp³-hybridized carbons (Fsp3) is 0.484. The summed E-state index contributed by atoms with van der Waals surface area (Å²) in [6.45, 7) is 3.77. The van der Waals surface area contributed by atoms with Crippen molar-refractivity contribution in [3.8, 4) is 11.3 Å². The molecule has 0 bridgehead atoms. The van der Waals surface area contributed by atoms with Gasteiger partial charge in [-0.05, 0) is 87.3 Å². The van der Waals surface area contributed by atoms with E-state index in [1.807, 2.05) is 18.2 Å². The predicted molar refractivity (Wildman–Crippen MR) is 153 cm³/mol. The lowest BCUT2D eigenvalue weighted by atomic mass is 9.77. The van der Waals surface area contributed by atoms with E-state index >= 15 is 0 Å². The molecule has 2 heterocycles. The first kappa shape index (κ1) is 28.8. The molecule has 41 heavy (non-hydrogen) atoms. The molecule has 2 aromatic carbocycles. The number of amides is 1. The topological polar surface area (TPSA) is 79.6 Å². The first-order chi connectivity index (χ1) is 19.8. The zero-order valence-corrected chi connectivity index (χ0v) is 23.3. The lowest BCUT2D eigenvalue weighted by molar-refractivity contribution is -0.137. The molecule has 0 spiro atoms. The van der Waals surface area contributed by atoms with Crippen LogP contribution in [0.3, 0.4) is 0 Å².